The Labute approximate surface area is 263 Å². The number of ether oxygens (including phenoxy) is 1. The van der Waals surface area contributed by atoms with Crippen molar-refractivity contribution in [3.05, 3.63) is 44.7 Å². The minimum Gasteiger partial charge on any atom is -0.444 e. The fourth-order valence-corrected chi connectivity index (χ4v) is 5.30. The molecule has 4 rings (SSSR count). The number of nitrogens with zero attached hydrogens (tertiary/aromatic N) is 7. The van der Waals surface area contributed by atoms with E-state index in [1.165, 1.54) is 4.57 Å². The number of carbonyl (C=O) groups excluding carboxylic acids is 2. The number of anilines is 3. The first kappa shape index (κ1) is 33.7. The van der Waals surface area contributed by atoms with Crippen LogP contribution in [0.3, 0.4) is 0 Å². The monoisotopic (exact) mass is 652 g/mol. The number of carbonyl (C=O) groups is 2. The highest BCUT2D eigenvalue weighted by atomic mass is 35.5. The summed E-state index contributed by atoms with van der Waals surface area (Å²) in [6.45, 7) is 9.58. The maximum absolute atomic E-state index is 14.1. The lowest BCUT2D eigenvalue weighted by Gasteiger charge is -2.42. The van der Waals surface area contributed by atoms with Crippen LogP contribution in [0.25, 0.3) is 11.2 Å². The van der Waals surface area contributed by atoms with Crippen LogP contribution >= 0.6 is 11.6 Å². The van der Waals surface area contributed by atoms with Crippen molar-refractivity contribution in [2.45, 2.75) is 65.4 Å². The third-order valence-corrected chi connectivity index (χ3v) is 7.43. The minimum atomic E-state index is -4.60. The number of halogens is 4. The maximum atomic E-state index is 14.1. The average molecular weight is 653 g/mol. The van der Waals surface area contributed by atoms with Crippen LogP contribution in [0.4, 0.5) is 35.3 Å². The Hall–Kier alpha value is -4.14. The van der Waals surface area contributed by atoms with Crippen molar-refractivity contribution in [3.8, 4) is 0 Å². The molecule has 1 N–H and O–H groups in total. The van der Waals surface area contributed by atoms with Crippen molar-refractivity contribution in [1.29, 1.82) is 0 Å². The van der Waals surface area contributed by atoms with Crippen molar-refractivity contribution >= 4 is 52.1 Å². The van der Waals surface area contributed by atoms with Crippen LogP contribution in [0.1, 0.15) is 45.9 Å². The molecular formula is C29H36ClF3N8O4. The molecule has 45 heavy (non-hydrogen) atoms. The number of fused-ring (bicyclic) bond motifs is 1. The van der Waals surface area contributed by atoms with E-state index in [0.717, 1.165) is 18.2 Å². The fourth-order valence-electron chi connectivity index (χ4n) is 5.07. The van der Waals surface area contributed by atoms with Crippen LogP contribution in [0.5, 0.6) is 0 Å². The summed E-state index contributed by atoms with van der Waals surface area (Å²) >= 11 is 6.07. The fraction of sp³-hybridized carbons (Fsp3) is 0.517. The van der Waals surface area contributed by atoms with Crippen LogP contribution in [-0.4, -0.2) is 82.0 Å². The van der Waals surface area contributed by atoms with Crippen LogP contribution in [0.2, 0.25) is 5.02 Å². The van der Waals surface area contributed by atoms with Crippen molar-refractivity contribution in [1.82, 2.24) is 24.6 Å². The van der Waals surface area contributed by atoms with Gasteiger partial charge < -0.3 is 29.3 Å². The number of amides is 2. The Bertz CT molecular complexity index is 1670. The predicted molar refractivity (Wildman–Crippen MR) is 165 cm³/mol. The topological polar surface area (TPSA) is 126 Å². The normalized spacial score (nSPS) is 15.8. The van der Waals surface area contributed by atoms with Gasteiger partial charge in [-0.2, -0.15) is 13.2 Å². The number of nitrogens with one attached hydrogen (secondary N) is 1. The van der Waals surface area contributed by atoms with Gasteiger partial charge in [-0.1, -0.05) is 18.5 Å². The molecule has 2 amide bonds. The molecule has 3 heterocycles. The van der Waals surface area contributed by atoms with Gasteiger partial charge in [0.1, 0.15) is 17.8 Å². The number of pyridine rings is 1. The molecule has 0 unspecified atom stereocenters. The summed E-state index contributed by atoms with van der Waals surface area (Å²) in [5.41, 5.74) is -1.18. The van der Waals surface area contributed by atoms with Gasteiger partial charge in [0.25, 0.3) is 0 Å². The average Bonchev–Trinajstić information content (AvgIpc) is 2.93. The van der Waals surface area contributed by atoms with E-state index in [1.54, 1.807) is 44.7 Å². The Balaban J connectivity index is 1.75. The van der Waals surface area contributed by atoms with Crippen LogP contribution < -0.4 is 20.5 Å². The summed E-state index contributed by atoms with van der Waals surface area (Å²) in [5, 5.41) is 10.6. The molecule has 1 aliphatic heterocycles. The molecule has 1 atom stereocenters. The molecule has 12 nitrogen and oxygen atoms in total. The molecule has 0 bridgehead atoms. The van der Waals surface area contributed by atoms with Crippen molar-refractivity contribution in [2.24, 2.45) is 0 Å². The zero-order valence-electron chi connectivity index (χ0n) is 26.1. The summed E-state index contributed by atoms with van der Waals surface area (Å²) < 4.78 is 46.4. The molecule has 0 spiro atoms. The van der Waals surface area contributed by atoms with Crippen LogP contribution in [0, 0.1) is 0 Å². The highest BCUT2D eigenvalue weighted by Crippen LogP contribution is 2.34. The molecule has 1 saturated heterocycles. The van der Waals surface area contributed by atoms with E-state index in [9.17, 15) is 27.6 Å². The van der Waals surface area contributed by atoms with Crippen LogP contribution in [-0.2, 0) is 28.7 Å². The van der Waals surface area contributed by atoms with Gasteiger partial charge in [-0.05, 0) is 52.3 Å². The number of alkyl halides is 3. The third kappa shape index (κ3) is 7.40. The van der Waals surface area contributed by atoms with Crippen LogP contribution in [0.15, 0.2) is 23.0 Å². The van der Waals surface area contributed by atoms with Gasteiger partial charge in [-0.25, -0.2) is 9.78 Å². The number of aromatic nitrogens is 4. The molecule has 1 fully saturated rings. The van der Waals surface area contributed by atoms with Gasteiger partial charge in [0.05, 0.1) is 16.3 Å². The van der Waals surface area contributed by atoms with Crippen molar-refractivity contribution < 1.29 is 27.5 Å². The summed E-state index contributed by atoms with van der Waals surface area (Å²) in [5.74, 6) is -0.436. The smallest absolute Gasteiger partial charge is 0.416 e. The Morgan fingerprint density at radius 3 is 2.40 bits per heavy atom. The molecule has 1 aromatic carbocycles. The number of hydrogen-bond donors (Lipinski definition) is 1. The van der Waals surface area contributed by atoms with E-state index in [0.29, 0.717) is 24.3 Å². The number of hydrogen-bond acceptors (Lipinski definition) is 9. The van der Waals surface area contributed by atoms with Gasteiger partial charge in [-0.3, -0.25) is 9.59 Å². The predicted octanol–water partition coefficient (Wildman–Crippen LogP) is 4.57. The Kier molecular flexibility index (Phi) is 9.52. The number of piperazine rings is 1. The Morgan fingerprint density at radius 1 is 1.16 bits per heavy atom. The molecule has 244 valence electrons. The summed E-state index contributed by atoms with van der Waals surface area (Å²) in [4.78, 5) is 49.7. The zero-order chi connectivity index (χ0) is 33.4. The minimum absolute atomic E-state index is 0.00993. The van der Waals surface area contributed by atoms with Gasteiger partial charge >= 0.3 is 12.3 Å². The second-order valence-corrected chi connectivity index (χ2v) is 12.4. The van der Waals surface area contributed by atoms with Gasteiger partial charge in [0.15, 0.2) is 11.2 Å². The zero-order valence-corrected chi connectivity index (χ0v) is 26.9. The van der Waals surface area contributed by atoms with Crippen molar-refractivity contribution in [3.63, 3.8) is 0 Å². The van der Waals surface area contributed by atoms with E-state index >= 15 is 0 Å². The lowest BCUT2D eigenvalue weighted by Crippen LogP contribution is -2.56. The second kappa shape index (κ2) is 12.7. The maximum Gasteiger partial charge on any atom is 0.416 e. The van der Waals surface area contributed by atoms with Crippen molar-refractivity contribution in [2.75, 3.05) is 48.8 Å². The first-order valence-corrected chi connectivity index (χ1v) is 14.7. The number of rotatable bonds is 6. The third-order valence-electron chi connectivity index (χ3n) is 7.12. The summed E-state index contributed by atoms with van der Waals surface area (Å²) in [6.07, 6.45) is -4.74. The molecule has 1 aliphatic rings. The first-order chi connectivity index (χ1) is 20.9. The van der Waals surface area contributed by atoms with E-state index in [2.05, 4.69) is 20.5 Å². The highest BCUT2D eigenvalue weighted by molar-refractivity contribution is 6.33. The second-order valence-electron chi connectivity index (χ2n) is 12.0. The molecule has 2 aromatic heterocycles. The lowest BCUT2D eigenvalue weighted by molar-refractivity contribution is -0.137. The first-order valence-electron chi connectivity index (χ1n) is 14.3. The standard InChI is InChI=1S/C29H36ClF3N8O4/c1-8-20-23(40-12-11-39(14-16(40)2)27(44)45-28(3,4)5)24(43)22-25(36-37-26(35-22)38(6)7)41(20)15-21(42)34-19-10-9-17(13-18(19)30)29(31,32)33/h9-10,13,16H,8,11-12,14-15H2,1-7H3,(H,34,42)/t16-/m0/s1. The highest BCUT2D eigenvalue weighted by Gasteiger charge is 2.34. The van der Waals surface area contributed by atoms with E-state index in [4.69, 9.17) is 16.3 Å². The van der Waals surface area contributed by atoms with E-state index in [1.807, 2.05) is 18.7 Å². The molecule has 0 radical (unpaired) electrons. The summed E-state index contributed by atoms with van der Waals surface area (Å²) in [7, 11) is 3.39. The van der Waals surface area contributed by atoms with Gasteiger partial charge in [-0.15, -0.1) is 10.2 Å². The summed E-state index contributed by atoms with van der Waals surface area (Å²) in [6, 6.07) is 2.33. The molecule has 16 heteroatoms. The Morgan fingerprint density at radius 2 is 1.84 bits per heavy atom. The number of benzene rings is 1. The molecular weight excluding hydrogens is 617 g/mol. The molecule has 0 saturated carbocycles. The van der Waals surface area contributed by atoms with E-state index < -0.39 is 34.8 Å². The van der Waals surface area contributed by atoms with Gasteiger partial charge in [0, 0.05) is 45.5 Å². The largest absolute Gasteiger partial charge is 0.444 e. The molecule has 0 aliphatic carbocycles. The van der Waals surface area contributed by atoms with E-state index in [-0.39, 0.29) is 53.5 Å². The quantitative estimate of drug-likeness (QED) is 0.408. The lowest BCUT2D eigenvalue weighted by atomic mass is 10.1. The SMILES string of the molecule is CCc1c(N2CCN(C(=O)OC(C)(C)C)C[C@@H]2C)c(=O)c2nc(N(C)C)nnc2n1CC(=O)Nc1ccc(C(F)(F)F)cc1Cl. The van der Waals surface area contributed by atoms with Gasteiger partial charge in [0.2, 0.25) is 17.3 Å². The molecule has 3 aromatic rings.